The van der Waals surface area contributed by atoms with Gasteiger partial charge in [0.1, 0.15) is 0 Å². The van der Waals surface area contributed by atoms with Gasteiger partial charge in [0.15, 0.2) is 0 Å². The van der Waals surface area contributed by atoms with Crippen molar-refractivity contribution in [3.05, 3.63) is 118 Å². The van der Waals surface area contributed by atoms with Crippen LogP contribution in [-0.4, -0.2) is 0 Å². The summed E-state index contributed by atoms with van der Waals surface area (Å²) in [5.41, 5.74) is 10.2. The van der Waals surface area contributed by atoms with Gasteiger partial charge in [-0.3, -0.25) is 0 Å². The average Bonchev–Trinajstić information content (AvgIpc) is 3.20. The molecule has 5 rings (SSSR count). The Kier molecular flexibility index (Phi) is 6.63. The summed E-state index contributed by atoms with van der Waals surface area (Å²) >= 11 is 9.73. The summed E-state index contributed by atoms with van der Waals surface area (Å²) in [5.74, 6) is 0.892. The summed E-state index contributed by atoms with van der Waals surface area (Å²) in [6.45, 7) is 9.12. The van der Waals surface area contributed by atoms with Gasteiger partial charge in [-0.25, -0.2) is 0 Å². The maximum absolute atomic E-state index is 4.87. The van der Waals surface area contributed by atoms with Crippen LogP contribution < -0.4 is 0 Å². The summed E-state index contributed by atoms with van der Waals surface area (Å²) in [7, 11) is 0. The first-order chi connectivity index (χ1) is 16.9. The fourth-order valence-electron chi connectivity index (χ4n) is 5.83. The number of rotatable bonds is 6. The van der Waals surface area contributed by atoms with Crippen LogP contribution in [0.25, 0.3) is 11.1 Å². The number of hydrogen-bond acceptors (Lipinski definition) is 2. The third-order valence-electron chi connectivity index (χ3n) is 8.16. The van der Waals surface area contributed by atoms with Crippen molar-refractivity contribution < 1.29 is 0 Å². The first kappa shape index (κ1) is 24.3. The molecule has 2 atom stereocenters. The van der Waals surface area contributed by atoms with Crippen LogP contribution in [0, 0.1) is 0 Å². The minimum atomic E-state index is -0.388. The van der Waals surface area contributed by atoms with Crippen LogP contribution >= 0.6 is 25.3 Å². The number of benzene rings is 4. The molecule has 2 unspecified atom stereocenters. The highest BCUT2D eigenvalue weighted by Crippen LogP contribution is 2.56. The molecule has 0 amide bonds. The Morgan fingerprint density at radius 3 is 1.40 bits per heavy atom. The third-order valence-corrected chi connectivity index (χ3v) is 8.97. The smallest absolute Gasteiger partial charge is 0.0713 e. The van der Waals surface area contributed by atoms with E-state index in [-0.39, 0.29) is 5.41 Å². The normalized spacial score (nSPS) is 15.4. The molecule has 35 heavy (non-hydrogen) atoms. The molecule has 4 aromatic carbocycles. The van der Waals surface area contributed by atoms with E-state index in [0.717, 1.165) is 22.6 Å². The van der Waals surface area contributed by atoms with Crippen LogP contribution in [0.15, 0.2) is 94.7 Å². The van der Waals surface area contributed by atoms with Gasteiger partial charge in [0.2, 0.25) is 0 Å². The lowest BCUT2D eigenvalue weighted by atomic mass is 9.66. The topological polar surface area (TPSA) is 0 Å². The molecule has 0 radical (unpaired) electrons. The van der Waals surface area contributed by atoms with E-state index in [9.17, 15) is 0 Å². The Labute approximate surface area is 221 Å². The highest BCUT2D eigenvalue weighted by Gasteiger charge is 2.46. The molecule has 0 aromatic heterocycles. The zero-order chi connectivity index (χ0) is 24.7. The van der Waals surface area contributed by atoms with Crippen molar-refractivity contribution in [2.24, 2.45) is 0 Å². The Morgan fingerprint density at radius 1 is 0.600 bits per heavy atom. The van der Waals surface area contributed by atoms with E-state index in [1.807, 2.05) is 0 Å². The van der Waals surface area contributed by atoms with E-state index < -0.39 is 0 Å². The highest BCUT2D eigenvalue weighted by molar-refractivity contribution is 7.80. The standard InChI is InChI=1S/C33H34S2/c1-5-21(3)27-19-23(15-17-31(27)34)33(24-16-18-32(35)28(20-24)22(4)6-2)29-13-9-7-11-25(29)26-12-8-10-14-30(26)33/h7-22,34-35H,5-6H2,1-4H3. The Bertz CT molecular complexity index is 1280. The van der Waals surface area contributed by atoms with Gasteiger partial charge < -0.3 is 0 Å². The molecule has 0 bridgehead atoms. The van der Waals surface area contributed by atoms with Gasteiger partial charge in [-0.15, -0.1) is 25.3 Å². The zero-order valence-electron chi connectivity index (χ0n) is 21.0. The molecule has 0 aliphatic heterocycles. The molecule has 0 N–H and O–H groups in total. The summed E-state index contributed by atoms with van der Waals surface area (Å²) in [4.78, 5) is 2.15. The van der Waals surface area contributed by atoms with E-state index in [1.165, 1.54) is 44.5 Å². The second kappa shape index (κ2) is 9.56. The Hall–Kier alpha value is -2.42. The molecular formula is C33H34S2. The second-order valence-corrected chi connectivity index (χ2v) is 11.0. The van der Waals surface area contributed by atoms with Crippen LogP contribution in [0.1, 0.15) is 85.8 Å². The number of hydrogen-bond donors (Lipinski definition) is 2. The van der Waals surface area contributed by atoms with E-state index >= 15 is 0 Å². The first-order valence-electron chi connectivity index (χ1n) is 12.8. The van der Waals surface area contributed by atoms with E-state index in [2.05, 4.69) is 113 Å². The van der Waals surface area contributed by atoms with Crippen LogP contribution in [0.4, 0.5) is 0 Å². The lowest BCUT2D eigenvalue weighted by molar-refractivity contribution is 0.698. The fraction of sp³-hybridized carbons (Fsp3) is 0.273. The molecule has 0 spiro atoms. The van der Waals surface area contributed by atoms with Gasteiger partial charge in [-0.1, -0.05) is 100 Å². The largest absolute Gasteiger partial charge is 0.143 e. The predicted octanol–water partition coefficient (Wildman–Crippen LogP) is 9.65. The van der Waals surface area contributed by atoms with E-state index in [4.69, 9.17) is 25.3 Å². The van der Waals surface area contributed by atoms with Gasteiger partial charge in [-0.2, -0.15) is 0 Å². The van der Waals surface area contributed by atoms with Crippen LogP contribution in [0.3, 0.4) is 0 Å². The molecule has 4 aromatic rings. The van der Waals surface area contributed by atoms with Crippen LogP contribution in [0.5, 0.6) is 0 Å². The lowest BCUT2D eigenvalue weighted by Crippen LogP contribution is -2.29. The maximum atomic E-state index is 4.87. The molecular weight excluding hydrogens is 460 g/mol. The molecule has 0 saturated carbocycles. The Morgan fingerprint density at radius 2 is 1.00 bits per heavy atom. The minimum Gasteiger partial charge on any atom is -0.143 e. The first-order valence-corrected chi connectivity index (χ1v) is 13.7. The molecule has 2 heteroatoms. The van der Waals surface area contributed by atoms with Crippen molar-refractivity contribution in [1.82, 2.24) is 0 Å². The maximum Gasteiger partial charge on any atom is 0.0713 e. The molecule has 1 aliphatic carbocycles. The molecule has 0 nitrogen and oxygen atoms in total. The monoisotopic (exact) mass is 494 g/mol. The van der Waals surface area contributed by atoms with Crippen molar-refractivity contribution in [2.45, 2.75) is 67.6 Å². The van der Waals surface area contributed by atoms with E-state index in [1.54, 1.807) is 0 Å². The molecule has 0 fully saturated rings. The summed E-state index contributed by atoms with van der Waals surface area (Å²) in [6, 6.07) is 31.7. The van der Waals surface area contributed by atoms with Crippen molar-refractivity contribution in [2.75, 3.05) is 0 Å². The fourth-order valence-corrected chi connectivity index (χ4v) is 6.55. The summed E-state index contributed by atoms with van der Waals surface area (Å²) in [6.07, 6.45) is 2.17. The predicted molar refractivity (Wildman–Crippen MR) is 156 cm³/mol. The van der Waals surface area contributed by atoms with Crippen molar-refractivity contribution in [1.29, 1.82) is 0 Å². The van der Waals surface area contributed by atoms with Gasteiger partial charge in [0.05, 0.1) is 5.41 Å². The molecule has 0 saturated heterocycles. The van der Waals surface area contributed by atoms with E-state index in [0.29, 0.717) is 11.8 Å². The second-order valence-electron chi connectivity index (χ2n) is 10.0. The average molecular weight is 495 g/mol. The van der Waals surface area contributed by atoms with Gasteiger partial charge >= 0.3 is 0 Å². The van der Waals surface area contributed by atoms with Crippen molar-refractivity contribution >= 4 is 25.3 Å². The van der Waals surface area contributed by atoms with Gasteiger partial charge in [0, 0.05) is 9.79 Å². The molecule has 178 valence electrons. The highest BCUT2D eigenvalue weighted by atomic mass is 32.1. The zero-order valence-corrected chi connectivity index (χ0v) is 22.8. The quantitative estimate of drug-likeness (QED) is 0.216. The third kappa shape index (κ3) is 3.77. The van der Waals surface area contributed by atoms with Gasteiger partial charge in [-0.05, 0) is 81.3 Å². The van der Waals surface area contributed by atoms with Crippen LogP contribution in [-0.2, 0) is 5.41 Å². The van der Waals surface area contributed by atoms with Crippen molar-refractivity contribution in [3.63, 3.8) is 0 Å². The SMILES string of the molecule is CCC(C)c1cc(C2(c3ccc(S)c(C(C)CC)c3)c3ccccc3-c3ccccc32)ccc1S. The lowest BCUT2D eigenvalue weighted by Gasteiger charge is -2.35. The summed E-state index contributed by atoms with van der Waals surface area (Å²) in [5, 5.41) is 0. The summed E-state index contributed by atoms with van der Waals surface area (Å²) < 4.78 is 0. The minimum absolute atomic E-state index is 0.388. The number of fused-ring (bicyclic) bond motifs is 3. The van der Waals surface area contributed by atoms with Crippen molar-refractivity contribution in [3.8, 4) is 11.1 Å². The van der Waals surface area contributed by atoms with Gasteiger partial charge in [0.25, 0.3) is 0 Å². The van der Waals surface area contributed by atoms with Crippen LogP contribution in [0.2, 0.25) is 0 Å². The molecule has 1 aliphatic rings. The molecule has 0 heterocycles. The number of thiol groups is 2. The Balaban J connectivity index is 1.91.